The van der Waals surface area contributed by atoms with Crippen LogP contribution >= 0.6 is 0 Å². The largest absolute Gasteiger partial charge is 0.354 e. The molecule has 2 N–H and O–H groups in total. The van der Waals surface area contributed by atoms with E-state index in [9.17, 15) is 9.59 Å². The van der Waals surface area contributed by atoms with E-state index in [2.05, 4.69) is 33.1 Å². The van der Waals surface area contributed by atoms with Crippen LogP contribution in [0.25, 0.3) is 0 Å². The number of hydrogen-bond donors (Lipinski definition) is 2. The van der Waals surface area contributed by atoms with Gasteiger partial charge < -0.3 is 10.6 Å². The number of fused-ring (bicyclic) bond motifs is 1. The minimum absolute atomic E-state index is 0.0383. The van der Waals surface area contributed by atoms with Crippen molar-refractivity contribution >= 4 is 11.8 Å². The molecule has 0 atom stereocenters. The zero-order valence-corrected chi connectivity index (χ0v) is 16.9. The molecule has 2 aliphatic carbocycles. The fourth-order valence-corrected chi connectivity index (χ4v) is 4.51. The number of benzene rings is 1. The summed E-state index contributed by atoms with van der Waals surface area (Å²) in [5.74, 6) is 0.361. The molecule has 1 aromatic heterocycles. The van der Waals surface area contributed by atoms with Gasteiger partial charge >= 0.3 is 0 Å². The number of hydrogen-bond acceptors (Lipinski definition) is 4. The molecule has 154 valence electrons. The van der Waals surface area contributed by atoms with Crippen molar-refractivity contribution in [3.63, 3.8) is 0 Å². The Morgan fingerprint density at radius 2 is 1.72 bits per heavy atom. The Labute approximate surface area is 171 Å². The highest BCUT2D eigenvalue weighted by molar-refractivity contribution is 5.81. The summed E-state index contributed by atoms with van der Waals surface area (Å²) in [6.45, 7) is 3.08. The normalized spacial score (nSPS) is 21.6. The van der Waals surface area contributed by atoms with Gasteiger partial charge in [0.25, 0.3) is 0 Å². The molecule has 0 saturated heterocycles. The number of rotatable bonds is 6. The summed E-state index contributed by atoms with van der Waals surface area (Å²) in [5.41, 5.74) is 3.47. The van der Waals surface area contributed by atoms with Crippen LogP contribution in [0.5, 0.6) is 0 Å². The Hall–Kier alpha value is -2.70. The molecule has 1 heterocycles. The molecule has 7 heteroatoms. The van der Waals surface area contributed by atoms with Crippen molar-refractivity contribution < 1.29 is 9.59 Å². The Morgan fingerprint density at radius 1 is 1.03 bits per heavy atom. The minimum Gasteiger partial charge on any atom is -0.354 e. The fourth-order valence-electron chi connectivity index (χ4n) is 4.51. The summed E-state index contributed by atoms with van der Waals surface area (Å²) in [5, 5.41) is 14.2. The molecule has 0 bridgehead atoms. The molecule has 1 saturated carbocycles. The number of aromatic nitrogens is 3. The van der Waals surface area contributed by atoms with Gasteiger partial charge in [-0.15, -0.1) is 5.10 Å². The van der Waals surface area contributed by atoms with Crippen LogP contribution < -0.4 is 10.6 Å². The number of nitrogens with one attached hydrogen (secondary N) is 2. The van der Waals surface area contributed by atoms with Crippen LogP contribution in [0.2, 0.25) is 0 Å². The van der Waals surface area contributed by atoms with E-state index in [0.29, 0.717) is 13.1 Å². The van der Waals surface area contributed by atoms with Crippen LogP contribution in [0.4, 0.5) is 0 Å². The van der Waals surface area contributed by atoms with Crippen molar-refractivity contribution in [3.05, 3.63) is 47.3 Å². The number of amides is 2. The lowest BCUT2D eigenvalue weighted by atomic mass is 9.85. The predicted molar refractivity (Wildman–Crippen MR) is 109 cm³/mol. The summed E-state index contributed by atoms with van der Waals surface area (Å²) in [4.78, 5) is 25.1. The Kier molecular flexibility index (Phi) is 5.92. The molecule has 0 spiro atoms. The van der Waals surface area contributed by atoms with Gasteiger partial charge in [-0.2, -0.15) is 0 Å². The third kappa shape index (κ3) is 4.83. The van der Waals surface area contributed by atoms with Gasteiger partial charge in [-0.05, 0) is 56.6 Å². The summed E-state index contributed by atoms with van der Waals surface area (Å²) >= 11 is 0. The highest BCUT2D eigenvalue weighted by atomic mass is 16.2. The summed E-state index contributed by atoms with van der Waals surface area (Å²) < 4.78 is 1.74. The van der Waals surface area contributed by atoms with E-state index in [1.54, 1.807) is 4.68 Å². The molecule has 29 heavy (non-hydrogen) atoms. The first-order chi connectivity index (χ1) is 14.1. The van der Waals surface area contributed by atoms with Crippen LogP contribution in [0.15, 0.2) is 30.5 Å². The molecular formula is C22H29N5O2. The van der Waals surface area contributed by atoms with Crippen LogP contribution in [-0.2, 0) is 29.0 Å². The molecule has 1 aromatic carbocycles. The van der Waals surface area contributed by atoms with Crippen molar-refractivity contribution in [2.24, 2.45) is 11.8 Å². The smallest absolute Gasteiger partial charge is 0.223 e. The van der Waals surface area contributed by atoms with Crippen molar-refractivity contribution in [1.82, 2.24) is 25.6 Å². The maximum atomic E-state index is 12.7. The van der Waals surface area contributed by atoms with Gasteiger partial charge in [0, 0.05) is 30.6 Å². The zero-order valence-electron chi connectivity index (χ0n) is 16.9. The molecule has 2 amide bonds. The van der Waals surface area contributed by atoms with Crippen LogP contribution in [0.3, 0.4) is 0 Å². The average Bonchev–Trinajstić information content (AvgIpc) is 3.34. The topological polar surface area (TPSA) is 88.9 Å². The monoisotopic (exact) mass is 395 g/mol. The molecular weight excluding hydrogens is 366 g/mol. The van der Waals surface area contributed by atoms with Gasteiger partial charge in [0.15, 0.2) is 0 Å². The Bertz CT molecular complexity index is 845. The Morgan fingerprint density at radius 3 is 2.34 bits per heavy atom. The molecule has 4 rings (SSSR count). The van der Waals surface area contributed by atoms with E-state index in [4.69, 9.17) is 0 Å². The van der Waals surface area contributed by atoms with E-state index in [1.165, 1.54) is 11.1 Å². The third-order valence-corrected chi connectivity index (χ3v) is 6.16. The first kappa shape index (κ1) is 19.6. The lowest BCUT2D eigenvalue weighted by molar-refractivity contribution is -0.126. The van der Waals surface area contributed by atoms with Crippen LogP contribution in [0, 0.1) is 18.8 Å². The molecule has 2 aromatic rings. The average molecular weight is 396 g/mol. The minimum atomic E-state index is 0.0383. The van der Waals surface area contributed by atoms with Crippen molar-refractivity contribution in [1.29, 1.82) is 0 Å². The van der Waals surface area contributed by atoms with E-state index in [1.807, 2.05) is 25.3 Å². The van der Waals surface area contributed by atoms with E-state index in [-0.39, 0.29) is 29.7 Å². The van der Waals surface area contributed by atoms with Gasteiger partial charge in [-0.25, -0.2) is 0 Å². The molecule has 0 aliphatic heterocycles. The highest BCUT2D eigenvalue weighted by Gasteiger charge is 2.31. The van der Waals surface area contributed by atoms with Crippen LogP contribution in [0.1, 0.15) is 42.5 Å². The SMILES string of the molecule is Cc1cn(CCNC(=O)C2CCC(NC(=O)C3Cc4ccccc4C3)CC2)nn1. The molecule has 0 radical (unpaired) electrons. The van der Waals surface area contributed by atoms with E-state index < -0.39 is 0 Å². The quantitative estimate of drug-likeness (QED) is 0.781. The number of nitrogens with zero attached hydrogens (tertiary/aromatic N) is 3. The van der Waals surface area contributed by atoms with Gasteiger partial charge in [-0.3, -0.25) is 14.3 Å². The van der Waals surface area contributed by atoms with Crippen molar-refractivity contribution in [2.45, 2.75) is 58.0 Å². The van der Waals surface area contributed by atoms with Crippen LogP contribution in [-0.4, -0.2) is 39.4 Å². The second-order valence-electron chi connectivity index (χ2n) is 8.35. The molecule has 7 nitrogen and oxygen atoms in total. The van der Waals surface area contributed by atoms with Gasteiger partial charge in [0.1, 0.15) is 0 Å². The van der Waals surface area contributed by atoms with Crippen molar-refractivity contribution in [3.8, 4) is 0 Å². The highest BCUT2D eigenvalue weighted by Crippen LogP contribution is 2.28. The Balaban J connectivity index is 1.16. The maximum Gasteiger partial charge on any atom is 0.223 e. The predicted octanol–water partition coefficient (Wildman–Crippen LogP) is 1.79. The first-order valence-corrected chi connectivity index (χ1v) is 10.6. The lowest BCUT2D eigenvalue weighted by Crippen LogP contribution is -2.43. The number of carbonyl (C=O) groups is 2. The standard InChI is InChI=1S/C22H29N5O2/c1-15-14-27(26-25-15)11-10-23-21(28)16-6-8-20(9-7-16)24-22(29)19-12-17-4-2-3-5-18(17)13-19/h2-5,14,16,19-20H,6-13H2,1H3,(H,23,28)(H,24,29). The molecule has 2 aliphatic rings. The second kappa shape index (κ2) is 8.76. The van der Waals surface area contributed by atoms with E-state index in [0.717, 1.165) is 44.2 Å². The molecule has 0 unspecified atom stereocenters. The second-order valence-corrected chi connectivity index (χ2v) is 8.35. The summed E-state index contributed by atoms with van der Waals surface area (Å²) in [6.07, 6.45) is 6.92. The third-order valence-electron chi connectivity index (χ3n) is 6.16. The van der Waals surface area contributed by atoms with Crippen molar-refractivity contribution in [2.75, 3.05) is 6.54 Å². The zero-order chi connectivity index (χ0) is 20.2. The van der Waals surface area contributed by atoms with Gasteiger partial charge in [0.05, 0.1) is 12.2 Å². The van der Waals surface area contributed by atoms with Gasteiger partial charge in [-0.1, -0.05) is 29.5 Å². The first-order valence-electron chi connectivity index (χ1n) is 10.6. The fraction of sp³-hybridized carbons (Fsp3) is 0.545. The summed E-state index contributed by atoms with van der Waals surface area (Å²) in [6, 6.07) is 8.51. The number of aryl methyl sites for hydroxylation is 1. The number of carbonyl (C=O) groups excluding carboxylic acids is 2. The van der Waals surface area contributed by atoms with E-state index >= 15 is 0 Å². The van der Waals surface area contributed by atoms with Gasteiger partial charge in [0.2, 0.25) is 11.8 Å². The lowest BCUT2D eigenvalue weighted by Gasteiger charge is -2.29. The molecule has 1 fully saturated rings. The summed E-state index contributed by atoms with van der Waals surface area (Å²) in [7, 11) is 0. The maximum absolute atomic E-state index is 12.7.